The van der Waals surface area contributed by atoms with E-state index in [1.54, 1.807) is 6.07 Å². The highest BCUT2D eigenvalue weighted by Crippen LogP contribution is 2.17. The average molecular weight is 365 g/mol. The summed E-state index contributed by atoms with van der Waals surface area (Å²) in [6.07, 6.45) is 1.37. The molecule has 25 heavy (non-hydrogen) atoms. The number of H-pyrrole nitrogens is 1. The minimum Gasteiger partial charge on any atom is -0.459 e. The molecule has 2 aromatic rings. The number of nitrogens with zero attached hydrogens (tertiary/aromatic N) is 2. The van der Waals surface area contributed by atoms with E-state index in [0.717, 1.165) is 38.6 Å². The SMILES string of the molecule is Nc1nc(SCCN2CCOCC2)[nH]c(=O)c1NC(=O)c1ccco1. The van der Waals surface area contributed by atoms with Gasteiger partial charge in [0.15, 0.2) is 22.4 Å². The molecule has 9 nitrogen and oxygen atoms in total. The number of morpholine rings is 1. The van der Waals surface area contributed by atoms with E-state index >= 15 is 0 Å². The number of ether oxygens (including phenoxy) is 1. The zero-order chi connectivity index (χ0) is 17.6. The van der Waals surface area contributed by atoms with Crippen molar-refractivity contribution in [3.8, 4) is 0 Å². The van der Waals surface area contributed by atoms with Crippen LogP contribution in [0.2, 0.25) is 0 Å². The number of hydrogen-bond acceptors (Lipinski definition) is 8. The third kappa shape index (κ3) is 4.62. The lowest BCUT2D eigenvalue weighted by molar-refractivity contribution is 0.0410. The van der Waals surface area contributed by atoms with Crippen molar-refractivity contribution in [2.45, 2.75) is 5.16 Å². The molecule has 3 rings (SSSR count). The van der Waals surface area contributed by atoms with Gasteiger partial charge in [0.05, 0.1) is 19.5 Å². The Bertz CT molecular complexity index is 771. The van der Waals surface area contributed by atoms with Gasteiger partial charge in [0, 0.05) is 25.4 Å². The second kappa shape index (κ2) is 8.19. The number of carbonyl (C=O) groups is 1. The molecule has 3 heterocycles. The van der Waals surface area contributed by atoms with Gasteiger partial charge in [0.25, 0.3) is 11.5 Å². The second-order valence-corrected chi connectivity index (χ2v) is 6.45. The van der Waals surface area contributed by atoms with Crippen molar-refractivity contribution >= 4 is 29.2 Å². The number of nitrogens with two attached hydrogens (primary N) is 1. The number of hydrogen-bond donors (Lipinski definition) is 3. The van der Waals surface area contributed by atoms with Crippen LogP contribution in [-0.2, 0) is 4.74 Å². The molecular formula is C15H19N5O4S. The molecule has 1 saturated heterocycles. The molecule has 0 atom stereocenters. The van der Waals surface area contributed by atoms with Crippen LogP contribution in [0.4, 0.5) is 11.5 Å². The summed E-state index contributed by atoms with van der Waals surface area (Å²) >= 11 is 1.41. The van der Waals surface area contributed by atoms with Crippen LogP contribution in [0.5, 0.6) is 0 Å². The molecule has 1 aliphatic heterocycles. The summed E-state index contributed by atoms with van der Waals surface area (Å²) in [6.45, 7) is 4.18. The minimum atomic E-state index is -0.559. The van der Waals surface area contributed by atoms with Gasteiger partial charge in [0.1, 0.15) is 0 Å². The lowest BCUT2D eigenvalue weighted by Crippen LogP contribution is -2.37. The van der Waals surface area contributed by atoms with Crippen molar-refractivity contribution in [1.29, 1.82) is 0 Å². The molecule has 0 spiro atoms. The van der Waals surface area contributed by atoms with Gasteiger partial charge in [-0.3, -0.25) is 19.5 Å². The van der Waals surface area contributed by atoms with Crippen LogP contribution in [0.15, 0.2) is 32.8 Å². The number of thioether (sulfide) groups is 1. The van der Waals surface area contributed by atoms with E-state index in [0.29, 0.717) is 5.16 Å². The van der Waals surface area contributed by atoms with Crippen LogP contribution in [0.3, 0.4) is 0 Å². The fourth-order valence-corrected chi connectivity index (χ4v) is 3.21. The Morgan fingerprint density at radius 3 is 2.92 bits per heavy atom. The largest absolute Gasteiger partial charge is 0.459 e. The normalized spacial score (nSPS) is 15.2. The Hall–Kier alpha value is -2.30. The zero-order valence-corrected chi connectivity index (χ0v) is 14.3. The van der Waals surface area contributed by atoms with E-state index in [1.807, 2.05) is 0 Å². The first-order valence-corrected chi connectivity index (χ1v) is 8.79. The van der Waals surface area contributed by atoms with Crippen LogP contribution < -0.4 is 16.6 Å². The quantitative estimate of drug-likeness (QED) is 0.502. The second-order valence-electron chi connectivity index (χ2n) is 5.37. The van der Waals surface area contributed by atoms with Crippen LogP contribution in [0.1, 0.15) is 10.6 Å². The molecule has 1 aliphatic rings. The first-order chi connectivity index (χ1) is 12.1. The number of rotatable bonds is 6. The van der Waals surface area contributed by atoms with Crippen molar-refractivity contribution in [1.82, 2.24) is 14.9 Å². The van der Waals surface area contributed by atoms with Crippen molar-refractivity contribution in [2.24, 2.45) is 0 Å². The molecule has 2 aromatic heterocycles. The van der Waals surface area contributed by atoms with Crippen molar-refractivity contribution < 1.29 is 13.9 Å². The van der Waals surface area contributed by atoms with Crippen LogP contribution in [-0.4, -0.2) is 59.4 Å². The molecular weight excluding hydrogens is 346 g/mol. The lowest BCUT2D eigenvalue weighted by atomic mass is 10.4. The minimum absolute atomic E-state index is 0.0301. The average Bonchev–Trinajstić information content (AvgIpc) is 3.14. The summed E-state index contributed by atoms with van der Waals surface area (Å²) in [5.74, 6) is 0.262. The van der Waals surface area contributed by atoms with Crippen LogP contribution in [0, 0.1) is 0 Å². The first kappa shape index (κ1) is 17.5. The van der Waals surface area contributed by atoms with Gasteiger partial charge in [-0.15, -0.1) is 0 Å². The van der Waals surface area contributed by atoms with Gasteiger partial charge in [-0.1, -0.05) is 11.8 Å². The molecule has 0 radical (unpaired) electrons. The number of aromatic amines is 1. The van der Waals surface area contributed by atoms with Crippen LogP contribution >= 0.6 is 11.8 Å². The highest BCUT2D eigenvalue weighted by Gasteiger charge is 2.16. The number of carbonyl (C=O) groups excluding carboxylic acids is 1. The third-order valence-electron chi connectivity index (χ3n) is 3.66. The smallest absolute Gasteiger partial charge is 0.291 e. The van der Waals surface area contributed by atoms with Crippen molar-refractivity contribution in [3.63, 3.8) is 0 Å². The summed E-state index contributed by atoms with van der Waals surface area (Å²) in [5, 5.41) is 2.84. The van der Waals surface area contributed by atoms with Gasteiger partial charge < -0.3 is 20.2 Å². The predicted molar refractivity (Wildman–Crippen MR) is 93.9 cm³/mol. The fraction of sp³-hybridized carbons (Fsp3) is 0.400. The number of amides is 1. The number of furan rings is 1. The molecule has 10 heteroatoms. The monoisotopic (exact) mass is 365 g/mol. The van der Waals surface area contributed by atoms with E-state index in [2.05, 4.69) is 20.2 Å². The maximum absolute atomic E-state index is 12.2. The number of anilines is 2. The molecule has 1 fully saturated rings. The summed E-state index contributed by atoms with van der Waals surface area (Å²) in [4.78, 5) is 33.2. The molecule has 0 saturated carbocycles. The Morgan fingerprint density at radius 1 is 1.44 bits per heavy atom. The standard InChI is InChI=1S/C15H19N5O4S/c16-12-11(17-13(21)10-2-1-6-24-10)14(22)19-15(18-12)25-9-5-20-3-7-23-8-4-20/h1-2,6H,3-5,7-9H2,(H,17,21)(H3,16,18,19,22). The number of aromatic nitrogens is 2. The summed E-state index contributed by atoms with van der Waals surface area (Å²) in [7, 11) is 0. The summed E-state index contributed by atoms with van der Waals surface area (Å²) in [6, 6.07) is 3.07. The van der Waals surface area contributed by atoms with E-state index in [1.165, 1.54) is 24.1 Å². The van der Waals surface area contributed by atoms with E-state index < -0.39 is 11.5 Å². The Morgan fingerprint density at radius 2 is 2.24 bits per heavy atom. The summed E-state index contributed by atoms with van der Waals surface area (Å²) < 4.78 is 10.3. The zero-order valence-electron chi connectivity index (χ0n) is 13.5. The topological polar surface area (TPSA) is 126 Å². The molecule has 0 aliphatic carbocycles. The Labute approximate surface area is 147 Å². The molecule has 4 N–H and O–H groups in total. The van der Waals surface area contributed by atoms with Gasteiger partial charge in [-0.2, -0.15) is 0 Å². The molecule has 134 valence electrons. The fourth-order valence-electron chi connectivity index (χ4n) is 2.34. The first-order valence-electron chi connectivity index (χ1n) is 7.81. The van der Waals surface area contributed by atoms with Crippen molar-refractivity contribution in [2.75, 3.05) is 49.7 Å². The van der Waals surface area contributed by atoms with Crippen LogP contribution in [0.25, 0.3) is 0 Å². The van der Waals surface area contributed by atoms with Crippen molar-refractivity contribution in [3.05, 3.63) is 34.5 Å². The number of nitrogen functional groups attached to an aromatic ring is 1. The number of nitrogens with one attached hydrogen (secondary N) is 2. The van der Waals surface area contributed by atoms with Gasteiger partial charge in [-0.05, 0) is 12.1 Å². The van der Waals surface area contributed by atoms with E-state index in [9.17, 15) is 9.59 Å². The third-order valence-corrected chi connectivity index (χ3v) is 4.51. The molecule has 1 amide bonds. The van der Waals surface area contributed by atoms with Gasteiger partial charge in [-0.25, -0.2) is 4.98 Å². The Kier molecular flexibility index (Phi) is 5.74. The highest BCUT2D eigenvalue weighted by atomic mass is 32.2. The van der Waals surface area contributed by atoms with Gasteiger partial charge in [0.2, 0.25) is 0 Å². The lowest BCUT2D eigenvalue weighted by Gasteiger charge is -2.26. The van der Waals surface area contributed by atoms with E-state index in [4.69, 9.17) is 14.9 Å². The highest BCUT2D eigenvalue weighted by molar-refractivity contribution is 7.99. The van der Waals surface area contributed by atoms with Gasteiger partial charge >= 0.3 is 0 Å². The maximum atomic E-state index is 12.2. The Balaban J connectivity index is 1.59. The predicted octanol–water partition coefficient (Wildman–Crippen LogP) is 0.622. The maximum Gasteiger partial charge on any atom is 0.291 e. The molecule has 0 aromatic carbocycles. The molecule has 0 unspecified atom stereocenters. The summed E-state index contributed by atoms with van der Waals surface area (Å²) in [5.41, 5.74) is 5.24. The molecule has 0 bridgehead atoms. The van der Waals surface area contributed by atoms with E-state index in [-0.39, 0.29) is 17.3 Å².